The van der Waals surface area contributed by atoms with E-state index in [1.807, 2.05) is 0 Å². The molecule has 0 aromatic rings. The minimum Gasteiger partial charge on any atom is -0.249 e. The molecule has 0 rings (SSSR count). The molecule has 0 aliphatic rings. The molecule has 2 N–H and O–H groups in total. The lowest BCUT2D eigenvalue weighted by atomic mass is 10.1. The second-order valence-corrected chi connectivity index (χ2v) is 2.49. The monoisotopic (exact) mass is 164 g/mol. The van der Waals surface area contributed by atoms with Crippen molar-refractivity contribution >= 4 is 0 Å². The molecule has 0 fully saturated rings. The highest BCUT2D eigenvalue weighted by molar-refractivity contribution is 4.44. The summed E-state index contributed by atoms with van der Waals surface area (Å²) in [4.78, 5) is 7.61. The lowest BCUT2D eigenvalue weighted by Gasteiger charge is -2.07. The van der Waals surface area contributed by atoms with Crippen molar-refractivity contribution < 1.29 is 20.3 Å². The van der Waals surface area contributed by atoms with Crippen molar-refractivity contribution in [3.63, 3.8) is 0 Å². The van der Waals surface area contributed by atoms with E-state index in [-0.39, 0.29) is 0 Å². The van der Waals surface area contributed by atoms with E-state index in [1.54, 1.807) is 0 Å². The Bertz CT molecular complexity index is 72.8. The highest BCUT2D eigenvalue weighted by atomic mass is 17.2. The Labute approximate surface area is 66.6 Å². The van der Waals surface area contributed by atoms with Gasteiger partial charge in [-0.05, 0) is 6.42 Å². The summed E-state index contributed by atoms with van der Waals surface area (Å²) in [5.41, 5.74) is 0. The molecule has 0 unspecified atom stereocenters. The summed E-state index contributed by atoms with van der Waals surface area (Å²) in [7, 11) is 0. The molecule has 0 saturated heterocycles. The Balaban J connectivity index is 3.07. The van der Waals surface area contributed by atoms with Gasteiger partial charge >= 0.3 is 0 Å². The summed E-state index contributed by atoms with van der Waals surface area (Å²) in [6.45, 7) is 2.11. The first-order valence-corrected chi connectivity index (χ1v) is 3.95. The van der Waals surface area contributed by atoms with Gasteiger partial charge in [0.1, 0.15) is 0 Å². The van der Waals surface area contributed by atoms with E-state index in [0.717, 1.165) is 25.7 Å². The largest absolute Gasteiger partial charge is 0.249 e. The van der Waals surface area contributed by atoms with Crippen molar-refractivity contribution in [3.05, 3.63) is 0 Å². The fourth-order valence-electron chi connectivity index (χ4n) is 0.862. The minimum absolute atomic E-state index is 0.521. The summed E-state index contributed by atoms with van der Waals surface area (Å²) in [6.07, 6.45) is 3.91. The van der Waals surface area contributed by atoms with Gasteiger partial charge in [0.2, 0.25) is 6.29 Å². The zero-order valence-electron chi connectivity index (χ0n) is 6.82. The third-order valence-electron chi connectivity index (χ3n) is 1.53. The maximum absolute atomic E-state index is 8.10. The molecule has 0 heterocycles. The van der Waals surface area contributed by atoms with Crippen molar-refractivity contribution in [2.24, 2.45) is 0 Å². The fourth-order valence-corrected chi connectivity index (χ4v) is 0.862. The van der Waals surface area contributed by atoms with Crippen molar-refractivity contribution in [1.29, 1.82) is 0 Å². The topological polar surface area (TPSA) is 58.9 Å². The van der Waals surface area contributed by atoms with Gasteiger partial charge in [0, 0.05) is 6.42 Å². The van der Waals surface area contributed by atoms with Gasteiger partial charge in [0.05, 0.1) is 0 Å². The molecule has 0 radical (unpaired) electrons. The SMILES string of the molecule is CCCCCCC(OO)OO. The summed E-state index contributed by atoms with van der Waals surface area (Å²) in [5.74, 6) is 0. The third kappa shape index (κ3) is 6.25. The summed E-state index contributed by atoms with van der Waals surface area (Å²) in [5, 5.41) is 16.2. The van der Waals surface area contributed by atoms with E-state index in [9.17, 15) is 0 Å². The zero-order valence-corrected chi connectivity index (χ0v) is 6.82. The summed E-state index contributed by atoms with van der Waals surface area (Å²) >= 11 is 0. The molecule has 11 heavy (non-hydrogen) atoms. The van der Waals surface area contributed by atoms with Crippen LogP contribution in [0.2, 0.25) is 0 Å². The van der Waals surface area contributed by atoms with Gasteiger partial charge in [-0.15, -0.1) is 0 Å². The highest BCUT2D eigenvalue weighted by Crippen LogP contribution is 2.07. The third-order valence-corrected chi connectivity index (χ3v) is 1.53. The van der Waals surface area contributed by atoms with Crippen LogP contribution in [0.4, 0.5) is 0 Å². The van der Waals surface area contributed by atoms with Crippen LogP contribution >= 0.6 is 0 Å². The average Bonchev–Trinajstić information content (AvgIpc) is 2.05. The van der Waals surface area contributed by atoms with Gasteiger partial charge in [-0.3, -0.25) is 0 Å². The van der Waals surface area contributed by atoms with Crippen molar-refractivity contribution in [3.8, 4) is 0 Å². The lowest BCUT2D eigenvalue weighted by Crippen LogP contribution is -2.12. The standard InChI is InChI=1S/C7H16O4/c1-2-3-4-5-6-7(10-8)11-9/h7-9H,2-6H2,1H3. The van der Waals surface area contributed by atoms with Crippen LogP contribution in [0.15, 0.2) is 0 Å². The smallest absolute Gasteiger partial charge is 0.223 e. The molecular weight excluding hydrogens is 148 g/mol. The van der Waals surface area contributed by atoms with Gasteiger partial charge in [-0.25, -0.2) is 20.3 Å². The van der Waals surface area contributed by atoms with Gasteiger partial charge in [-0.1, -0.05) is 26.2 Å². The van der Waals surface area contributed by atoms with Crippen LogP contribution in [0.1, 0.15) is 39.0 Å². The van der Waals surface area contributed by atoms with Gasteiger partial charge < -0.3 is 0 Å². The molecule has 0 atom stereocenters. The fraction of sp³-hybridized carbons (Fsp3) is 1.00. The highest BCUT2D eigenvalue weighted by Gasteiger charge is 2.06. The van der Waals surface area contributed by atoms with Crippen LogP contribution < -0.4 is 0 Å². The van der Waals surface area contributed by atoms with E-state index in [4.69, 9.17) is 10.5 Å². The first kappa shape index (κ1) is 10.8. The first-order valence-electron chi connectivity index (χ1n) is 3.95. The maximum atomic E-state index is 8.10. The van der Waals surface area contributed by atoms with E-state index >= 15 is 0 Å². The molecule has 0 saturated carbocycles. The minimum atomic E-state index is -0.883. The maximum Gasteiger partial charge on any atom is 0.223 e. The molecule has 4 nitrogen and oxygen atoms in total. The van der Waals surface area contributed by atoms with Crippen LogP contribution in [0.3, 0.4) is 0 Å². The Morgan fingerprint density at radius 3 is 2.18 bits per heavy atom. The molecule has 0 bridgehead atoms. The van der Waals surface area contributed by atoms with Crippen LogP contribution in [0.25, 0.3) is 0 Å². The van der Waals surface area contributed by atoms with Crippen LogP contribution in [-0.4, -0.2) is 16.8 Å². The number of unbranched alkanes of at least 4 members (excludes halogenated alkanes) is 3. The molecule has 0 aliphatic carbocycles. The number of hydrogen-bond acceptors (Lipinski definition) is 4. The molecule has 68 valence electrons. The van der Waals surface area contributed by atoms with Crippen molar-refractivity contribution in [2.75, 3.05) is 0 Å². The molecule has 4 heteroatoms. The lowest BCUT2D eigenvalue weighted by molar-refractivity contribution is -0.432. The van der Waals surface area contributed by atoms with E-state index < -0.39 is 6.29 Å². The zero-order chi connectivity index (χ0) is 8.53. The Morgan fingerprint density at radius 1 is 1.09 bits per heavy atom. The molecule has 0 aromatic carbocycles. The normalized spacial score (nSPS) is 10.9. The quantitative estimate of drug-likeness (QED) is 0.262. The first-order chi connectivity index (χ1) is 5.35. The predicted octanol–water partition coefficient (Wildman–Crippen LogP) is 2.26. The second-order valence-electron chi connectivity index (χ2n) is 2.49. The summed E-state index contributed by atoms with van der Waals surface area (Å²) < 4.78 is 0. The predicted molar refractivity (Wildman–Crippen MR) is 40.0 cm³/mol. The van der Waals surface area contributed by atoms with Gasteiger partial charge in [0.15, 0.2) is 0 Å². The van der Waals surface area contributed by atoms with E-state index in [1.165, 1.54) is 0 Å². The van der Waals surface area contributed by atoms with Crippen LogP contribution in [0.5, 0.6) is 0 Å². The van der Waals surface area contributed by atoms with Crippen LogP contribution in [0, 0.1) is 0 Å². The van der Waals surface area contributed by atoms with Gasteiger partial charge in [-0.2, -0.15) is 0 Å². The van der Waals surface area contributed by atoms with E-state index in [2.05, 4.69) is 16.7 Å². The molecule has 0 amide bonds. The molecule has 0 spiro atoms. The van der Waals surface area contributed by atoms with Crippen LogP contribution in [-0.2, 0) is 9.78 Å². The average molecular weight is 164 g/mol. The molecule has 0 aliphatic heterocycles. The van der Waals surface area contributed by atoms with E-state index in [0.29, 0.717) is 6.42 Å². The number of rotatable bonds is 7. The van der Waals surface area contributed by atoms with Crippen molar-refractivity contribution in [2.45, 2.75) is 45.3 Å². The van der Waals surface area contributed by atoms with Gasteiger partial charge in [0.25, 0.3) is 0 Å². The Hall–Kier alpha value is -0.160. The summed E-state index contributed by atoms with van der Waals surface area (Å²) in [6, 6.07) is 0. The van der Waals surface area contributed by atoms with Crippen molar-refractivity contribution in [1.82, 2.24) is 0 Å². The Kier molecular flexibility index (Phi) is 7.83. The Morgan fingerprint density at radius 2 is 1.73 bits per heavy atom. The second kappa shape index (κ2) is 7.94. The molecule has 0 aromatic heterocycles. The number of hydrogen-bond donors (Lipinski definition) is 2. The molecular formula is C7H16O4.